The van der Waals surface area contributed by atoms with Crippen molar-refractivity contribution in [1.82, 2.24) is 5.32 Å². The molecule has 2 N–H and O–H groups in total. The maximum Gasteiger partial charge on any atom is 0.221 e. The standard InChI is InChI=1S/C13H16ClN3O/c1-2-6-17-13(18)5-7-16-12-4-3-11(14)8-10(12)9-15/h3-4,8,16H,2,5-7H2,1H3,(H,17,18). The number of carbonyl (C=O) groups excluding carboxylic acids is 1. The molecule has 0 aliphatic carbocycles. The minimum atomic E-state index is 0.0109. The molecule has 0 heterocycles. The largest absolute Gasteiger partial charge is 0.383 e. The van der Waals surface area contributed by atoms with Gasteiger partial charge in [-0.05, 0) is 24.6 Å². The Morgan fingerprint density at radius 3 is 2.89 bits per heavy atom. The Morgan fingerprint density at radius 1 is 1.44 bits per heavy atom. The first-order valence-corrected chi connectivity index (χ1v) is 6.25. The van der Waals surface area contributed by atoms with Gasteiger partial charge in [-0.3, -0.25) is 4.79 Å². The lowest BCUT2D eigenvalue weighted by Crippen LogP contribution is -2.25. The van der Waals surface area contributed by atoms with Gasteiger partial charge in [0.2, 0.25) is 5.91 Å². The molecule has 0 bridgehead atoms. The molecule has 0 aromatic heterocycles. The number of nitrogens with one attached hydrogen (secondary N) is 2. The highest BCUT2D eigenvalue weighted by molar-refractivity contribution is 6.30. The Labute approximate surface area is 112 Å². The van der Waals surface area contributed by atoms with Crippen LogP contribution in [0, 0.1) is 11.3 Å². The van der Waals surface area contributed by atoms with Crippen LogP contribution in [0.3, 0.4) is 0 Å². The van der Waals surface area contributed by atoms with Gasteiger partial charge in [-0.15, -0.1) is 0 Å². The van der Waals surface area contributed by atoms with Crippen LogP contribution in [0.1, 0.15) is 25.3 Å². The van der Waals surface area contributed by atoms with Crippen LogP contribution >= 0.6 is 11.6 Å². The van der Waals surface area contributed by atoms with Crippen molar-refractivity contribution in [2.24, 2.45) is 0 Å². The number of nitriles is 1. The van der Waals surface area contributed by atoms with E-state index in [1.807, 2.05) is 6.92 Å². The summed E-state index contributed by atoms with van der Waals surface area (Å²) in [5.41, 5.74) is 1.18. The number of benzene rings is 1. The smallest absolute Gasteiger partial charge is 0.221 e. The number of anilines is 1. The van der Waals surface area contributed by atoms with E-state index in [2.05, 4.69) is 16.7 Å². The van der Waals surface area contributed by atoms with E-state index >= 15 is 0 Å². The molecule has 0 radical (unpaired) electrons. The molecule has 1 aromatic carbocycles. The Bertz CT molecular complexity index is 454. The Morgan fingerprint density at radius 2 is 2.22 bits per heavy atom. The van der Waals surface area contributed by atoms with Gasteiger partial charge in [0, 0.05) is 24.5 Å². The second-order valence-corrected chi connectivity index (χ2v) is 4.26. The van der Waals surface area contributed by atoms with Crippen molar-refractivity contribution in [2.75, 3.05) is 18.4 Å². The van der Waals surface area contributed by atoms with Gasteiger partial charge < -0.3 is 10.6 Å². The lowest BCUT2D eigenvalue weighted by atomic mass is 10.2. The molecule has 5 heteroatoms. The van der Waals surface area contributed by atoms with Gasteiger partial charge in [-0.25, -0.2) is 0 Å². The van der Waals surface area contributed by atoms with E-state index in [4.69, 9.17) is 16.9 Å². The normalized spacial score (nSPS) is 9.61. The van der Waals surface area contributed by atoms with Crippen molar-refractivity contribution in [3.63, 3.8) is 0 Å². The van der Waals surface area contributed by atoms with E-state index in [1.165, 1.54) is 0 Å². The summed E-state index contributed by atoms with van der Waals surface area (Å²) in [4.78, 5) is 11.4. The van der Waals surface area contributed by atoms with Crippen LogP contribution in [-0.4, -0.2) is 19.0 Å². The van der Waals surface area contributed by atoms with Crippen molar-refractivity contribution in [3.05, 3.63) is 28.8 Å². The number of amides is 1. The first kappa shape index (κ1) is 14.3. The van der Waals surface area contributed by atoms with Gasteiger partial charge >= 0.3 is 0 Å². The fourth-order valence-electron chi connectivity index (χ4n) is 1.43. The maximum atomic E-state index is 11.4. The van der Waals surface area contributed by atoms with E-state index in [9.17, 15) is 4.79 Å². The zero-order valence-electron chi connectivity index (χ0n) is 10.3. The molecule has 0 saturated carbocycles. The van der Waals surface area contributed by atoms with Crippen LogP contribution in [0.5, 0.6) is 0 Å². The Balaban J connectivity index is 2.44. The molecule has 96 valence electrons. The molecule has 1 rings (SSSR count). The van der Waals surface area contributed by atoms with Crippen LogP contribution in [-0.2, 0) is 4.79 Å². The fourth-order valence-corrected chi connectivity index (χ4v) is 1.60. The van der Waals surface area contributed by atoms with Crippen molar-refractivity contribution in [3.8, 4) is 6.07 Å². The number of rotatable bonds is 6. The topological polar surface area (TPSA) is 64.9 Å². The van der Waals surface area contributed by atoms with E-state index in [0.717, 1.165) is 6.42 Å². The zero-order valence-corrected chi connectivity index (χ0v) is 11.0. The lowest BCUT2D eigenvalue weighted by Gasteiger charge is -2.08. The van der Waals surface area contributed by atoms with E-state index < -0.39 is 0 Å². The molecule has 0 fully saturated rings. The van der Waals surface area contributed by atoms with Gasteiger partial charge in [-0.2, -0.15) is 5.26 Å². The van der Waals surface area contributed by atoms with Crippen LogP contribution in [0.25, 0.3) is 0 Å². The minimum absolute atomic E-state index is 0.0109. The predicted octanol–water partition coefficient (Wildman–Crippen LogP) is 2.54. The predicted molar refractivity (Wildman–Crippen MR) is 72.6 cm³/mol. The van der Waals surface area contributed by atoms with Gasteiger partial charge in [0.25, 0.3) is 0 Å². The maximum absolute atomic E-state index is 11.4. The van der Waals surface area contributed by atoms with Crippen molar-refractivity contribution in [2.45, 2.75) is 19.8 Å². The molecule has 1 amide bonds. The molecular weight excluding hydrogens is 250 g/mol. The second kappa shape index (κ2) is 7.57. The third kappa shape index (κ3) is 4.64. The molecule has 18 heavy (non-hydrogen) atoms. The summed E-state index contributed by atoms with van der Waals surface area (Å²) in [6.45, 7) is 3.19. The zero-order chi connectivity index (χ0) is 13.4. The molecule has 0 spiro atoms. The molecular formula is C13H16ClN3O. The van der Waals surface area contributed by atoms with Crippen LogP contribution in [0.2, 0.25) is 5.02 Å². The molecule has 0 aliphatic heterocycles. The summed E-state index contributed by atoms with van der Waals surface area (Å²) in [7, 11) is 0. The van der Waals surface area contributed by atoms with Gasteiger partial charge in [-0.1, -0.05) is 18.5 Å². The number of carbonyl (C=O) groups is 1. The summed E-state index contributed by atoms with van der Waals surface area (Å²) < 4.78 is 0. The molecule has 0 aliphatic rings. The number of hydrogen-bond donors (Lipinski definition) is 2. The van der Waals surface area contributed by atoms with Crippen molar-refractivity contribution in [1.29, 1.82) is 5.26 Å². The monoisotopic (exact) mass is 265 g/mol. The fraction of sp³-hybridized carbons (Fsp3) is 0.385. The first-order chi connectivity index (χ1) is 8.67. The van der Waals surface area contributed by atoms with E-state index in [0.29, 0.717) is 35.8 Å². The van der Waals surface area contributed by atoms with Crippen molar-refractivity contribution >= 4 is 23.2 Å². The minimum Gasteiger partial charge on any atom is -0.383 e. The quantitative estimate of drug-likeness (QED) is 0.831. The molecule has 0 unspecified atom stereocenters. The summed E-state index contributed by atoms with van der Waals surface area (Å²) in [6.07, 6.45) is 1.31. The Kier molecular flexibility index (Phi) is 6.03. The van der Waals surface area contributed by atoms with Crippen LogP contribution < -0.4 is 10.6 Å². The average molecular weight is 266 g/mol. The van der Waals surface area contributed by atoms with E-state index in [-0.39, 0.29) is 5.91 Å². The number of hydrogen-bond acceptors (Lipinski definition) is 3. The van der Waals surface area contributed by atoms with Crippen LogP contribution in [0.4, 0.5) is 5.69 Å². The third-order valence-corrected chi connectivity index (χ3v) is 2.58. The molecule has 4 nitrogen and oxygen atoms in total. The van der Waals surface area contributed by atoms with Gasteiger partial charge in [0.05, 0.1) is 11.3 Å². The van der Waals surface area contributed by atoms with Crippen LogP contribution in [0.15, 0.2) is 18.2 Å². The summed E-state index contributed by atoms with van der Waals surface area (Å²) in [6, 6.07) is 7.11. The highest BCUT2D eigenvalue weighted by atomic mass is 35.5. The van der Waals surface area contributed by atoms with Gasteiger partial charge in [0.15, 0.2) is 0 Å². The van der Waals surface area contributed by atoms with Crippen molar-refractivity contribution < 1.29 is 4.79 Å². The number of nitrogens with zero attached hydrogens (tertiary/aromatic N) is 1. The average Bonchev–Trinajstić information content (AvgIpc) is 2.37. The molecule has 1 aromatic rings. The summed E-state index contributed by atoms with van der Waals surface area (Å²) in [5, 5.41) is 15.3. The first-order valence-electron chi connectivity index (χ1n) is 5.87. The lowest BCUT2D eigenvalue weighted by molar-refractivity contribution is -0.120. The molecule has 0 atom stereocenters. The SMILES string of the molecule is CCCNC(=O)CCNc1ccc(Cl)cc1C#N. The number of halogens is 1. The highest BCUT2D eigenvalue weighted by Crippen LogP contribution is 2.19. The summed E-state index contributed by atoms with van der Waals surface area (Å²) >= 11 is 5.79. The van der Waals surface area contributed by atoms with Gasteiger partial charge in [0.1, 0.15) is 6.07 Å². The molecule has 0 saturated heterocycles. The third-order valence-electron chi connectivity index (χ3n) is 2.34. The second-order valence-electron chi connectivity index (χ2n) is 3.83. The highest BCUT2D eigenvalue weighted by Gasteiger charge is 2.04. The summed E-state index contributed by atoms with van der Waals surface area (Å²) in [5.74, 6) is 0.0109. The Hall–Kier alpha value is -1.73. The van der Waals surface area contributed by atoms with E-state index in [1.54, 1.807) is 18.2 Å².